The molecule has 6 rings (SSSR count). The molecule has 0 amide bonds. The maximum atomic E-state index is 10.8. The van der Waals surface area contributed by atoms with E-state index in [-0.39, 0.29) is 6.04 Å². The number of rotatable bonds is 5. The minimum atomic E-state index is -0.979. The molecule has 1 atom stereocenters. The molecule has 1 saturated heterocycles. The molecule has 2 N–H and O–H groups in total. The molecule has 1 aliphatic rings. The summed E-state index contributed by atoms with van der Waals surface area (Å²) < 4.78 is 9.82. The summed E-state index contributed by atoms with van der Waals surface area (Å²) in [5.41, 5.74) is 6.38. The van der Waals surface area contributed by atoms with Gasteiger partial charge in [0.1, 0.15) is 5.69 Å². The Balaban J connectivity index is 1.68. The number of nitrogens with one attached hydrogen (secondary N) is 1. The van der Waals surface area contributed by atoms with Gasteiger partial charge in [-0.25, -0.2) is 4.68 Å². The van der Waals surface area contributed by atoms with Crippen LogP contribution in [0.1, 0.15) is 49.7 Å². The Morgan fingerprint density at radius 2 is 1.94 bits per heavy atom. The molecule has 5 heterocycles. The van der Waals surface area contributed by atoms with Crippen molar-refractivity contribution in [2.75, 3.05) is 13.2 Å². The number of aromatic amines is 1. The highest BCUT2D eigenvalue weighted by atomic mass is 16.5. The average molecular weight is 487 g/mol. The lowest BCUT2D eigenvalue weighted by Crippen LogP contribution is -2.27. The molecule has 36 heavy (non-hydrogen) atoms. The monoisotopic (exact) mass is 486 g/mol. The zero-order chi connectivity index (χ0) is 25.0. The standard InChI is InChI=1S/C26H30N8O2/c1-15-24(33(4)32-29-15)17-11-22-23(27-13-17)19-6-5-18(26(2,3)35)12-21(19)34(22)25(20-14-28-31-30-20)16-7-9-36-10-8-16/h5-6,11-14,16,25,35H,7-10H2,1-4H3,(H,28,30,31). The molecule has 0 aliphatic carbocycles. The first-order valence-electron chi connectivity index (χ1n) is 12.3. The number of hydrogen-bond acceptors (Lipinski definition) is 7. The lowest BCUT2D eigenvalue weighted by molar-refractivity contribution is 0.0547. The molecule has 1 aromatic carbocycles. The Hall–Kier alpha value is -3.63. The van der Waals surface area contributed by atoms with Crippen LogP contribution in [0.3, 0.4) is 0 Å². The van der Waals surface area contributed by atoms with Crippen molar-refractivity contribution in [1.82, 2.24) is 40.0 Å². The number of nitrogens with zero attached hydrogens (tertiary/aromatic N) is 7. The van der Waals surface area contributed by atoms with Gasteiger partial charge in [-0.3, -0.25) is 4.98 Å². The van der Waals surface area contributed by atoms with Crippen LogP contribution in [0.25, 0.3) is 33.2 Å². The van der Waals surface area contributed by atoms with Gasteiger partial charge in [0, 0.05) is 37.4 Å². The molecule has 1 unspecified atom stereocenters. The molecule has 0 bridgehead atoms. The third kappa shape index (κ3) is 3.68. The normalized spacial score (nSPS) is 16.2. The van der Waals surface area contributed by atoms with Crippen LogP contribution in [-0.4, -0.2) is 58.3 Å². The predicted molar refractivity (Wildman–Crippen MR) is 135 cm³/mol. The van der Waals surface area contributed by atoms with Crippen LogP contribution in [0.15, 0.2) is 36.7 Å². The van der Waals surface area contributed by atoms with Crippen LogP contribution < -0.4 is 0 Å². The molecule has 10 nitrogen and oxygen atoms in total. The van der Waals surface area contributed by atoms with Gasteiger partial charge < -0.3 is 14.4 Å². The van der Waals surface area contributed by atoms with Crippen molar-refractivity contribution >= 4 is 21.9 Å². The third-order valence-electron chi connectivity index (χ3n) is 7.34. The zero-order valence-electron chi connectivity index (χ0n) is 20.9. The van der Waals surface area contributed by atoms with E-state index >= 15 is 0 Å². The molecule has 186 valence electrons. The van der Waals surface area contributed by atoms with E-state index in [1.807, 2.05) is 46.3 Å². The van der Waals surface area contributed by atoms with Gasteiger partial charge in [-0.1, -0.05) is 17.3 Å². The lowest BCUT2D eigenvalue weighted by atomic mass is 9.89. The van der Waals surface area contributed by atoms with Crippen molar-refractivity contribution in [3.8, 4) is 11.3 Å². The molecule has 1 fully saturated rings. The number of fused-ring (bicyclic) bond motifs is 3. The first kappa shape index (κ1) is 22.8. The summed E-state index contributed by atoms with van der Waals surface area (Å²) in [4.78, 5) is 4.95. The topological polar surface area (TPSA) is 120 Å². The summed E-state index contributed by atoms with van der Waals surface area (Å²) in [6.07, 6.45) is 5.54. The van der Waals surface area contributed by atoms with Gasteiger partial charge in [0.2, 0.25) is 0 Å². The molecule has 1 aliphatic heterocycles. The van der Waals surface area contributed by atoms with Crippen LogP contribution in [0.4, 0.5) is 0 Å². The first-order chi connectivity index (χ1) is 17.3. The van der Waals surface area contributed by atoms with E-state index in [4.69, 9.17) is 9.72 Å². The number of aryl methyl sites for hydroxylation is 2. The van der Waals surface area contributed by atoms with E-state index in [1.54, 1.807) is 4.68 Å². The summed E-state index contributed by atoms with van der Waals surface area (Å²) in [7, 11) is 1.89. The van der Waals surface area contributed by atoms with Crippen LogP contribution in [-0.2, 0) is 17.4 Å². The Labute approximate surface area is 208 Å². The molecule has 0 spiro atoms. The molecule has 0 saturated carbocycles. The lowest BCUT2D eigenvalue weighted by Gasteiger charge is -2.31. The molecular formula is C26H30N8O2. The summed E-state index contributed by atoms with van der Waals surface area (Å²) in [5, 5.41) is 31.8. The summed E-state index contributed by atoms with van der Waals surface area (Å²) in [5.74, 6) is 0.303. The second kappa shape index (κ2) is 8.49. The van der Waals surface area contributed by atoms with Gasteiger partial charge in [-0.2, -0.15) is 15.4 Å². The van der Waals surface area contributed by atoms with E-state index < -0.39 is 5.60 Å². The maximum Gasteiger partial charge on any atom is 0.106 e. The van der Waals surface area contributed by atoms with Gasteiger partial charge in [0.05, 0.1) is 45.8 Å². The Kier molecular flexibility index (Phi) is 5.38. The number of benzene rings is 1. The predicted octanol–water partition coefficient (Wildman–Crippen LogP) is 3.65. The fraction of sp³-hybridized carbons (Fsp3) is 0.423. The number of aromatic nitrogens is 8. The van der Waals surface area contributed by atoms with Crippen molar-refractivity contribution in [1.29, 1.82) is 0 Å². The number of pyridine rings is 1. The van der Waals surface area contributed by atoms with Gasteiger partial charge in [0.25, 0.3) is 0 Å². The number of hydrogen-bond donors (Lipinski definition) is 2. The molecule has 5 aromatic rings. The van der Waals surface area contributed by atoms with Crippen molar-refractivity contribution in [3.63, 3.8) is 0 Å². The molecule has 0 radical (unpaired) electrons. The largest absolute Gasteiger partial charge is 0.386 e. The number of aliphatic hydroxyl groups is 1. The highest BCUT2D eigenvalue weighted by Crippen LogP contribution is 2.41. The summed E-state index contributed by atoms with van der Waals surface area (Å²) in [6.45, 7) is 7.01. The average Bonchev–Trinajstić information content (AvgIpc) is 3.58. The smallest absolute Gasteiger partial charge is 0.106 e. The zero-order valence-corrected chi connectivity index (χ0v) is 20.9. The van der Waals surface area contributed by atoms with Gasteiger partial charge in [0.15, 0.2) is 0 Å². The van der Waals surface area contributed by atoms with E-state index in [1.165, 1.54) is 0 Å². The van der Waals surface area contributed by atoms with E-state index in [0.29, 0.717) is 19.1 Å². The highest BCUT2D eigenvalue weighted by Gasteiger charge is 2.32. The van der Waals surface area contributed by atoms with E-state index in [9.17, 15) is 5.11 Å². The number of H-pyrrole nitrogens is 1. The summed E-state index contributed by atoms with van der Waals surface area (Å²) in [6, 6.07) is 8.22. The molecular weight excluding hydrogens is 456 g/mol. The Morgan fingerprint density at radius 1 is 1.14 bits per heavy atom. The second-order valence-electron chi connectivity index (χ2n) is 10.2. The van der Waals surface area contributed by atoms with Crippen LogP contribution >= 0.6 is 0 Å². The second-order valence-corrected chi connectivity index (χ2v) is 10.2. The highest BCUT2D eigenvalue weighted by molar-refractivity contribution is 6.07. The summed E-state index contributed by atoms with van der Waals surface area (Å²) >= 11 is 0. The molecule has 10 heteroatoms. The first-order valence-corrected chi connectivity index (χ1v) is 12.3. The van der Waals surface area contributed by atoms with E-state index in [2.05, 4.69) is 48.5 Å². The van der Waals surface area contributed by atoms with Gasteiger partial charge in [-0.05, 0) is 57.2 Å². The van der Waals surface area contributed by atoms with Crippen LogP contribution in [0, 0.1) is 12.8 Å². The third-order valence-corrected chi connectivity index (χ3v) is 7.34. The Bertz CT molecular complexity index is 1520. The molecule has 4 aromatic heterocycles. The van der Waals surface area contributed by atoms with Crippen molar-refractivity contribution in [2.24, 2.45) is 13.0 Å². The fourth-order valence-corrected chi connectivity index (χ4v) is 5.54. The Morgan fingerprint density at radius 3 is 2.61 bits per heavy atom. The van der Waals surface area contributed by atoms with Crippen molar-refractivity contribution < 1.29 is 9.84 Å². The van der Waals surface area contributed by atoms with E-state index in [0.717, 1.165) is 63.0 Å². The van der Waals surface area contributed by atoms with Crippen LogP contribution in [0.2, 0.25) is 0 Å². The maximum absolute atomic E-state index is 10.8. The SMILES string of the molecule is Cc1nnn(C)c1-c1cnc2c3ccc(C(C)(C)O)cc3n(C(c3cn[nH]n3)C3CCOCC3)c2c1. The minimum Gasteiger partial charge on any atom is -0.386 e. The quantitative estimate of drug-likeness (QED) is 0.389. The van der Waals surface area contributed by atoms with Crippen molar-refractivity contribution in [2.45, 2.75) is 45.3 Å². The van der Waals surface area contributed by atoms with Crippen LogP contribution in [0.5, 0.6) is 0 Å². The fourth-order valence-electron chi connectivity index (χ4n) is 5.54. The van der Waals surface area contributed by atoms with Gasteiger partial charge >= 0.3 is 0 Å². The van der Waals surface area contributed by atoms with Crippen molar-refractivity contribution in [3.05, 3.63) is 53.6 Å². The van der Waals surface area contributed by atoms with Gasteiger partial charge in [-0.15, -0.1) is 5.10 Å². The number of ether oxygens (including phenoxy) is 1. The minimum absolute atomic E-state index is 0.0764.